The van der Waals surface area contributed by atoms with Crippen molar-refractivity contribution < 1.29 is 9.53 Å². The Hall–Kier alpha value is -1.06. The maximum atomic E-state index is 10.5. The maximum absolute atomic E-state index is 10.5. The van der Waals surface area contributed by atoms with E-state index in [0.29, 0.717) is 11.4 Å². The van der Waals surface area contributed by atoms with Crippen LogP contribution in [0.25, 0.3) is 0 Å². The Morgan fingerprint density at radius 1 is 1.56 bits per heavy atom. The van der Waals surface area contributed by atoms with Crippen molar-refractivity contribution in [2.45, 2.75) is 25.4 Å². The molecule has 0 aromatic heterocycles. The Balaban J connectivity index is 2.02. The van der Waals surface area contributed by atoms with Gasteiger partial charge < -0.3 is 9.53 Å². The molecule has 0 amide bonds. The SMILES string of the molecule is CC(CC=O)c1ccc(OC2CN(C)C2)c(Cl)c1. The third-order valence-corrected chi connectivity index (χ3v) is 3.59. The summed E-state index contributed by atoms with van der Waals surface area (Å²) in [6.45, 7) is 3.90. The molecule has 1 saturated heterocycles. The minimum Gasteiger partial charge on any atom is -0.486 e. The number of likely N-dealkylation sites (N-methyl/N-ethyl adjacent to an activating group) is 1. The van der Waals surface area contributed by atoms with E-state index in [1.807, 2.05) is 25.1 Å². The van der Waals surface area contributed by atoms with Crippen LogP contribution in [0.5, 0.6) is 5.75 Å². The van der Waals surface area contributed by atoms with Gasteiger partial charge in [0.05, 0.1) is 5.02 Å². The highest BCUT2D eigenvalue weighted by atomic mass is 35.5. The Morgan fingerprint density at radius 2 is 2.28 bits per heavy atom. The van der Waals surface area contributed by atoms with E-state index in [0.717, 1.165) is 30.7 Å². The lowest BCUT2D eigenvalue weighted by Gasteiger charge is -2.36. The molecule has 0 aliphatic carbocycles. The van der Waals surface area contributed by atoms with Crippen LogP contribution < -0.4 is 4.74 Å². The number of likely N-dealkylation sites (tertiary alicyclic amines) is 1. The monoisotopic (exact) mass is 267 g/mol. The molecule has 1 aromatic rings. The summed E-state index contributed by atoms with van der Waals surface area (Å²) in [7, 11) is 2.06. The summed E-state index contributed by atoms with van der Waals surface area (Å²) in [6, 6.07) is 5.78. The molecular weight excluding hydrogens is 250 g/mol. The van der Waals surface area contributed by atoms with Crippen LogP contribution in [0.2, 0.25) is 5.02 Å². The van der Waals surface area contributed by atoms with Crippen LogP contribution in [0.4, 0.5) is 0 Å². The van der Waals surface area contributed by atoms with Crippen LogP contribution >= 0.6 is 11.6 Å². The van der Waals surface area contributed by atoms with Gasteiger partial charge in [0.1, 0.15) is 18.1 Å². The van der Waals surface area contributed by atoms with Crippen molar-refractivity contribution in [3.05, 3.63) is 28.8 Å². The van der Waals surface area contributed by atoms with Crippen LogP contribution in [0, 0.1) is 0 Å². The number of ether oxygens (including phenoxy) is 1. The predicted octanol–water partition coefficient (Wildman–Crippen LogP) is 2.73. The zero-order valence-corrected chi connectivity index (χ0v) is 11.5. The molecule has 98 valence electrons. The fraction of sp³-hybridized carbons (Fsp3) is 0.500. The first-order valence-electron chi connectivity index (χ1n) is 6.18. The summed E-state index contributed by atoms with van der Waals surface area (Å²) < 4.78 is 5.80. The van der Waals surface area contributed by atoms with Gasteiger partial charge in [-0.25, -0.2) is 0 Å². The van der Waals surface area contributed by atoms with Gasteiger partial charge in [-0.15, -0.1) is 0 Å². The summed E-state index contributed by atoms with van der Waals surface area (Å²) in [6.07, 6.45) is 1.70. The Labute approximate surface area is 113 Å². The Kier molecular flexibility index (Phi) is 4.25. The number of aldehydes is 1. The van der Waals surface area contributed by atoms with Crippen molar-refractivity contribution in [1.29, 1.82) is 0 Å². The number of carbonyl (C=O) groups excluding carboxylic acids is 1. The van der Waals surface area contributed by atoms with Gasteiger partial charge in [0.15, 0.2) is 0 Å². The van der Waals surface area contributed by atoms with Crippen LogP contribution in [-0.2, 0) is 4.79 Å². The van der Waals surface area contributed by atoms with Gasteiger partial charge in [-0.1, -0.05) is 24.6 Å². The van der Waals surface area contributed by atoms with Crippen molar-refractivity contribution in [2.24, 2.45) is 0 Å². The van der Waals surface area contributed by atoms with Crippen LogP contribution in [0.15, 0.2) is 18.2 Å². The quantitative estimate of drug-likeness (QED) is 0.769. The van der Waals surface area contributed by atoms with E-state index in [1.165, 1.54) is 0 Å². The normalized spacial score (nSPS) is 18.2. The first-order chi connectivity index (χ1) is 8.60. The molecule has 1 aliphatic rings. The topological polar surface area (TPSA) is 29.5 Å². The summed E-state index contributed by atoms with van der Waals surface area (Å²) in [5.74, 6) is 0.931. The molecular formula is C14H18ClNO2. The molecule has 1 atom stereocenters. The highest BCUT2D eigenvalue weighted by Gasteiger charge is 2.25. The minimum absolute atomic E-state index is 0.198. The standard InChI is InChI=1S/C14H18ClNO2/c1-10(5-6-17)11-3-4-14(13(15)7-11)18-12-8-16(2)9-12/h3-4,6-7,10,12H,5,8-9H2,1-2H3. The zero-order chi connectivity index (χ0) is 13.1. The highest BCUT2D eigenvalue weighted by Crippen LogP contribution is 2.31. The number of benzene rings is 1. The number of nitrogens with zero attached hydrogens (tertiary/aromatic N) is 1. The lowest BCUT2D eigenvalue weighted by molar-refractivity contribution is -0.108. The molecule has 1 heterocycles. The average Bonchev–Trinajstić information content (AvgIpc) is 2.29. The van der Waals surface area contributed by atoms with Crippen LogP contribution in [-0.4, -0.2) is 37.4 Å². The average molecular weight is 268 g/mol. The summed E-state index contributed by atoms with van der Waals surface area (Å²) in [5.41, 5.74) is 1.07. The first kappa shape index (κ1) is 13.4. The van der Waals surface area contributed by atoms with Gasteiger partial charge in [0.25, 0.3) is 0 Å². The second-order valence-corrected chi connectivity index (χ2v) is 5.36. The highest BCUT2D eigenvalue weighted by molar-refractivity contribution is 6.32. The molecule has 1 fully saturated rings. The van der Waals surface area contributed by atoms with Gasteiger partial charge in [-0.2, -0.15) is 0 Å². The van der Waals surface area contributed by atoms with Gasteiger partial charge in [0, 0.05) is 19.5 Å². The van der Waals surface area contributed by atoms with Gasteiger partial charge >= 0.3 is 0 Å². The number of rotatable bonds is 5. The number of carbonyl (C=O) groups is 1. The van der Waals surface area contributed by atoms with Crippen molar-refractivity contribution in [3.63, 3.8) is 0 Å². The Morgan fingerprint density at radius 3 is 2.83 bits per heavy atom. The molecule has 1 aliphatic heterocycles. The summed E-state index contributed by atoms with van der Waals surface area (Å²) in [4.78, 5) is 12.7. The number of hydrogen-bond acceptors (Lipinski definition) is 3. The Bertz CT molecular complexity index is 430. The number of halogens is 1. The maximum Gasteiger partial charge on any atom is 0.138 e. The molecule has 0 spiro atoms. The summed E-state index contributed by atoms with van der Waals surface area (Å²) in [5, 5.41) is 0.625. The fourth-order valence-electron chi connectivity index (χ4n) is 2.10. The lowest BCUT2D eigenvalue weighted by atomic mass is 9.98. The van der Waals surface area contributed by atoms with Crippen molar-refractivity contribution >= 4 is 17.9 Å². The smallest absolute Gasteiger partial charge is 0.138 e. The van der Waals surface area contributed by atoms with Crippen LogP contribution in [0.1, 0.15) is 24.8 Å². The van der Waals surface area contributed by atoms with E-state index in [2.05, 4.69) is 11.9 Å². The lowest BCUT2D eigenvalue weighted by Crippen LogP contribution is -2.51. The van der Waals surface area contributed by atoms with Crippen molar-refractivity contribution in [3.8, 4) is 5.75 Å². The molecule has 0 N–H and O–H groups in total. The zero-order valence-electron chi connectivity index (χ0n) is 10.7. The van der Waals surface area contributed by atoms with E-state index >= 15 is 0 Å². The van der Waals surface area contributed by atoms with Gasteiger partial charge in [-0.05, 0) is 30.7 Å². The van der Waals surface area contributed by atoms with Crippen LogP contribution in [0.3, 0.4) is 0 Å². The second kappa shape index (κ2) is 5.72. The van der Waals surface area contributed by atoms with Crippen molar-refractivity contribution in [1.82, 2.24) is 4.90 Å². The predicted molar refractivity (Wildman–Crippen MR) is 72.5 cm³/mol. The molecule has 0 bridgehead atoms. The van der Waals surface area contributed by atoms with E-state index in [1.54, 1.807) is 0 Å². The minimum atomic E-state index is 0.198. The van der Waals surface area contributed by atoms with E-state index in [4.69, 9.17) is 16.3 Å². The van der Waals surface area contributed by atoms with Gasteiger partial charge in [-0.3, -0.25) is 4.90 Å². The molecule has 1 unspecified atom stereocenters. The van der Waals surface area contributed by atoms with E-state index in [9.17, 15) is 4.79 Å². The van der Waals surface area contributed by atoms with E-state index < -0.39 is 0 Å². The number of hydrogen-bond donors (Lipinski definition) is 0. The fourth-order valence-corrected chi connectivity index (χ4v) is 2.33. The largest absolute Gasteiger partial charge is 0.486 e. The third kappa shape index (κ3) is 3.03. The molecule has 2 rings (SSSR count). The third-order valence-electron chi connectivity index (χ3n) is 3.30. The molecule has 3 nitrogen and oxygen atoms in total. The molecule has 0 saturated carbocycles. The summed E-state index contributed by atoms with van der Waals surface area (Å²) >= 11 is 6.21. The van der Waals surface area contributed by atoms with Crippen molar-refractivity contribution in [2.75, 3.05) is 20.1 Å². The molecule has 0 radical (unpaired) electrons. The first-order valence-corrected chi connectivity index (χ1v) is 6.56. The molecule has 18 heavy (non-hydrogen) atoms. The van der Waals surface area contributed by atoms with Gasteiger partial charge in [0.2, 0.25) is 0 Å². The molecule has 1 aromatic carbocycles. The second-order valence-electron chi connectivity index (χ2n) is 4.95. The molecule has 4 heteroatoms. The van der Waals surface area contributed by atoms with E-state index in [-0.39, 0.29) is 12.0 Å².